The summed E-state index contributed by atoms with van der Waals surface area (Å²) in [6, 6.07) is 4.69. The van der Waals surface area contributed by atoms with Crippen LogP contribution in [0.1, 0.15) is 74.1 Å². The number of esters is 2. The number of ether oxygens (including phenoxy) is 3. The lowest BCUT2D eigenvalue weighted by molar-refractivity contribution is 0.0506. The van der Waals surface area contributed by atoms with Gasteiger partial charge in [-0.05, 0) is 44.4 Å². The summed E-state index contributed by atoms with van der Waals surface area (Å²) < 4.78 is 16.0. The lowest BCUT2D eigenvalue weighted by Crippen LogP contribution is -2.15. The van der Waals surface area contributed by atoms with Crippen LogP contribution in [0.25, 0.3) is 0 Å². The monoisotopic (exact) mass is 350 g/mol. The van der Waals surface area contributed by atoms with Gasteiger partial charge in [0.15, 0.2) is 0 Å². The first kappa shape index (κ1) is 21.0. The van der Waals surface area contributed by atoms with Gasteiger partial charge in [0, 0.05) is 0 Å². The van der Waals surface area contributed by atoms with E-state index in [1.807, 2.05) is 0 Å². The van der Waals surface area contributed by atoms with E-state index >= 15 is 0 Å². The summed E-state index contributed by atoms with van der Waals surface area (Å²) in [5.74, 6) is -0.0875. The van der Waals surface area contributed by atoms with Crippen molar-refractivity contribution in [3.8, 4) is 5.75 Å². The SMILES string of the molecule is CCCCC(CC)COc1cc(C(=O)OCC)ccc1C(=O)OCC. The Morgan fingerprint density at radius 1 is 1.00 bits per heavy atom. The summed E-state index contributed by atoms with van der Waals surface area (Å²) in [6.07, 6.45) is 4.38. The number of carbonyl (C=O) groups excluding carboxylic acids is 2. The summed E-state index contributed by atoms with van der Waals surface area (Å²) in [5.41, 5.74) is 0.701. The van der Waals surface area contributed by atoms with Gasteiger partial charge in [-0.1, -0.05) is 33.1 Å². The van der Waals surface area contributed by atoms with Gasteiger partial charge in [0.05, 0.1) is 25.4 Å². The predicted octanol–water partition coefficient (Wildman–Crippen LogP) is 4.64. The van der Waals surface area contributed by atoms with Crippen molar-refractivity contribution in [2.24, 2.45) is 5.92 Å². The minimum Gasteiger partial charge on any atom is -0.492 e. The minimum absolute atomic E-state index is 0.284. The molecular weight excluding hydrogens is 320 g/mol. The summed E-state index contributed by atoms with van der Waals surface area (Å²) in [4.78, 5) is 24.1. The molecule has 0 fully saturated rings. The number of hydrogen-bond acceptors (Lipinski definition) is 5. The van der Waals surface area contributed by atoms with Crippen LogP contribution in [-0.4, -0.2) is 31.8 Å². The van der Waals surface area contributed by atoms with Gasteiger partial charge >= 0.3 is 11.9 Å². The van der Waals surface area contributed by atoms with E-state index in [1.54, 1.807) is 32.0 Å². The zero-order valence-corrected chi connectivity index (χ0v) is 15.8. The average Bonchev–Trinajstić information content (AvgIpc) is 2.62. The number of hydrogen-bond donors (Lipinski definition) is 0. The van der Waals surface area contributed by atoms with Gasteiger partial charge < -0.3 is 14.2 Å². The molecule has 0 aromatic heterocycles. The van der Waals surface area contributed by atoms with Gasteiger partial charge in [-0.3, -0.25) is 0 Å². The van der Waals surface area contributed by atoms with Crippen molar-refractivity contribution in [2.75, 3.05) is 19.8 Å². The van der Waals surface area contributed by atoms with E-state index in [0.717, 1.165) is 25.7 Å². The third-order valence-electron chi connectivity index (χ3n) is 4.01. The number of rotatable bonds is 11. The summed E-state index contributed by atoms with van der Waals surface area (Å²) in [6.45, 7) is 8.89. The molecule has 0 bridgehead atoms. The van der Waals surface area contributed by atoms with Crippen LogP contribution >= 0.6 is 0 Å². The molecule has 0 saturated heterocycles. The first-order chi connectivity index (χ1) is 12.1. The highest BCUT2D eigenvalue weighted by molar-refractivity contribution is 5.96. The van der Waals surface area contributed by atoms with E-state index in [4.69, 9.17) is 14.2 Å². The second kappa shape index (κ2) is 11.5. The molecule has 140 valence electrons. The molecule has 1 aromatic carbocycles. The molecule has 25 heavy (non-hydrogen) atoms. The second-order valence-electron chi connectivity index (χ2n) is 5.88. The molecule has 0 amide bonds. The Bertz CT molecular complexity index is 553. The van der Waals surface area contributed by atoms with E-state index in [0.29, 0.717) is 36.0 Å². The van der Waals surface area contributed by atoms with E-state index in [9.17, 15) is 9.59 Å². The maximum absolute atomic E-state index is 12.1. The lowest BCUT2D eigenvalue weighted by atomic mass is 10.0. The fraction of sp³-hybridized carbons (Fsp3) is 0.600. The van der Waals surface area contributed by atoms with Crippen LogP contribution in [0.15, 0.2) is 18.2 Å². The van der Waals surface area contributed by atoms with Crippen molar-refractivity contribution >= 4 is 11.9 Å². The molecule has 1 unspecified atom stereocenters. The van der Waals surface area contributed by atoms with Crippen LogP contribution in [0.2, 0.25) is 0 Å². The Balaban J connectivity index is 2.98. The molecule has 0 aliphatic rings. The molecule has 1 atom stereocenters. The van der Waals surface area contributed by atoms with Gasteiger partial charge in [-0.25, -0.2) is 9.59 Å². The fourth-order valence-corrected chi connectivity index (χ4v) is 2.47. The third kappa shape index (κ3) is 6.77. The van der Waals surface area contributed by atoms with E-state index in [1.165, 1.54) is 0 Å². The highest BCUT2D eigenvalue weighted by atomic mass is 16.5. The van der Waals surface area contributed by atoms with Crippen LogP contribution in [-0.2, 0) is 9.47 Å². The molecule has 0 aliphatic carbocycles. The smallest absolute Gasteiger partial charge is 0.341 e. The average molecular weight is 350 g/mol. The largest absolute Gasteiger partial charge is 0.492 e. The standard InChI is InChI=1S/C20H30O5/c1-5-9-10-15(6-2)14-25-18-13-16(19(21)23-7-3)11-12-17(18)20(22)24-8-4/h11-13,15H,5-10,14H2,1-4H3. The highest BCUT2D eigenvalue weighted by Crippen LogP contribution is 2.24. The molecule has 5 heteroatoms. The topological polar surface area (TPSA) is 61.8 Å². The normalized spacial score (nSPS) is 11.7. The van der Waals surface area contributed by atoms with Crippen LogP contribution in [0.3, 0.4) is 0 Å². The molecule has 0 heterocycles. The summed E-state index contributed by atoms with van der Waals surface area (Å²) in [5, 5.41) is 0. The van der Waals surface area contributed by atoms with Crippen molar-refractivity contribution in [2.45, 2.75) is 53.4 Å². The van der Waals surface area contributed by atoms with Gasteiger partial charge in [-0.2, -0.15) is 0 Å². The molecule has 0 radical (unpaired) electrons. The van der Waals surface area contributed by atoms with Gasteiger partial charge in [0.25, 0.3) is 0 Å². The zero-order chi connectivity index (χ0) is 18.7. The number of carbonyl (C=O) groups is 2. The predicted molar refractivity (Wildman–Crippen MR) is 97.2 cm³/mol. The Morgan fingerprint density at radius 3 is 2.28 bits per heavy atom. The maximum Gasteiger partial charge on any atom is 0.341 e. The Hall–Kier alpha value is -2.04. The Kier molecular flexibility index (Phi) is 9.66. The van der Waals surface area contributed by atoms with Crippen molar-refractivity contribution < 1.29 is 23.8 Å². The molecule has 1 rings (SSSR count). The van der Waals surface area contributed by atoms with Gasteiger partial charge in [0.1, 0.15) is 11.3 Å². The van der Waals surface area contributed by atoms with E-state index < -0.39 is 11.9 Å². The molecule has 0 spiro atoms. The van der Waals surface area contributed by atoms with Crippen LogP contribution in [0.5, 0.6) is 5.75 Å². The van der Waals surface area contributed by atoms with Crippen LogP contribution in [0, 0.1) is 5.92 Å². The van der Waals surface area contributed by atoms with Gasteiger partial charge in [0.2, 0.25) is 0 Å². The minimum atomic E-state index is -0.450. The summed E-state index contributed by atoms with van der Waals surface area (Å²) in [7, 11) is 0. The molecule has 0 N–H and O–H groups in total. The van der Waals surface area contributed by atoms with Crippen LogP contribution in [0.4, 0.5) is 0 Å². The van der Waals surface area contributed by atoms with Gasteiger partial charge in [-0.15, -0.1) is 0 Å². The van der Waals surface area contributed by atoms with Crippen LogP contribution < -0.4 is 4.74 Å². The van der Waals surface area contributed by atoms with Crippen molar-refractivity contribution in [3.05, 3.63) is 29.3 Å². The number of benzene rings is 1. The Labute approximate surface area is 150 Å². The van der Waals surface area contributed by atoms with Crippen molar-refractivity contribution in [3.63, 3.8) is 0 Å². The second-order valence-corrected chi connectivity index (χ2v) is 5.88. The van der Waals surface area contributed by atoms with E-state index in [-0.39, 0.29) is 6.61 Å². The fourth-order valence-electron chi connectivity index (χ4n) is 2.47. The summed E-state index contributed by atoms with van der Waals surface area (Å²) >= 11 is 0. The first-order valence-corrected chi connectivity index (χ1v) is 9.18. The lowest BCUT2D eigenvalue weighted by Gasteiger charge is -2.17. The van der Waals surface area contributed by atoms with Crippen molar-refractivity contribution in [1.82, 2.24) is 0 Å². The molecule has 1 aromatic rings. The molecule has 5 nitrogen and oxygen atoms in total. The number of unbranched alkanes of at least 4 members (excludes halogenated alkanes) is 1. The zero-order valence-electron chi connectivity index (χ0n) is 15.8. The molecule has 0 saturated carbocycles. The first-order valence-electron chi connectivity index (χ1n) is 9.18. The quantitative estimate of drug-likeness (QED) is 0.544. The highest BCUT2D eigenvalue weighted by Gasteiger charge is 2.18. The third-order valence-corrected chi connectivity index (χ3v) is 4.01. The molecular formula is C20H30O5. The van der Waals surface area contributed by atoms with Crippen molar-refractivity contribution in [1.29, 1.82) is 0 Å². The molecule has 0 aliphatic heterocycles. The Morgan fingerprint density at radius 2 is 1.68 bits per heavy atom. The maximum atomic E-state index is 12.1. The van der Waals surface area contributed by atoms with E-state index in [2.05, 4.69) is 13.8 Å².